The average Bonchev–Trinajstić information content (AvgIpc) is 3.97. The smallest absolute Gasteiger partial charge is 0.0787 e. The first kappa shape index (κ1) is 37.3. The normalized spacial score (nSPS) is 11.9. The zero-order chi connectivity index (χ0) is 43.3. The maximum absolute atomic E-state index is 5.34. The SMILES string of the molecule is c1ccc(-n2ccn(-c3ccccc3)c3cc4c(cc32)c2cc(-c3cccc5c3sc3ccccc35)ccc2c2ccc(-c3cccc5c3sc3ccccc35)cc2c2cccnc24)cc1. The molecule has 308 valence electrons. The molecule has 0 saturated carbocycles. The van der Waals surface area contributed by atoms with Crippen LogP contribution >= 0.6 is 22.7 Å². The van der Waals surface area contributed by atoms with Crippen molar-refractivity contribution in [2.75, 3.05) is 0 Å². The molecular weight excluding hydrogens is 839 g/mol. The number of pyridine rings is 1. The summed E-state index contributed by atoms with van der Waals surface area (Å²) in [6.07, 6.45) is 6.34. The van der Waals surface area contributed by atoms with Crippen LogP contribution in [-0.4, -0.2) is 14.1 Å². The van der Waals surface area contributed by atoms with Crippen molar-refractivity contribution in [2.24, 2.45) is 0 Å². The molecule has 4 aromatic heterocycles. The van der Waals surface area contributed by atoms with Gasteiger partial charge in [0.05, 0.1) is 16.6 Å². The molecule has 0 saturated heterocycles. The van der Waals surface area contributed by atoms with E-state index in [0.717, 1.165) is 44.1 Å². The molecule has 0 N–H and O–H groups in total. The fourth-order valence-corrected chi connectivity index (χ4v) is 12.9. The Morgan fingerprint density at radius 3 is 1.33 bits per heavy atom. The number of nitrogens with zero attached hydrogens (tertiary/aromatic N) is 3. The Morgan fingerprint density at radius 1 is 0.318 bits per heavy atom. The molecule has 5 heteroatoms. The Hall–Kier alpha value is -8.09. The van der Waals surface area contributed by atoms with E-state index in [0.29, 0.717) is 0 Å². The zero-order valence-electron chi connectivity index (χ0n) is 35.5. The van der Waals surface area contributed by atoms with Crippen LogP contribution in [0.2, 0.25) is 0 Å². The molecule has 0 spiro atoms. The number of hydrogen-bond acceptors (Lipinski definition) is 3. The van der Waals surface area contributed by atoms with Crippen molar-refractivity contribution < 1.29 is 0 Å². The molecule has 0 unspecified atom stereocenters. The van der Waals surface area contributed by atoms with Gasteiger partial charge in [0.25, 0.3) is 0 Å². The fourth-order valence-electron chi connectivity index (χ4n) is 10.4. The lowest BCUT2D eigenvalue weighted by Crippen LogP contribution is -2.05. The van der Waals surface area contributed by atoms with Gasteiger partial charge < -0.3 is 9.13 Å². The molecule has 0 atom stereocenters. The quantitative estimate of drug-likeness (QED) is 0.173. The summed E-state index contributed by atoms with van der Waals surface area (Å²) < 4.78 is 9.87. The third kappa shape index (κ3) is 5.70. The summed E-state index contributed by atoms with van der Waals surface area (Å²) in [5, 5.41) is 13.3. The Bertz CT molecular complexity index is 4340. The Kier molecular flexibility index (Phi) is 8.32. The zero-order valence-corrected chi connectivity index (χ0v) is 37.2. The van der Waals surface area contributed by atoms with E-state index < -0.39 is 0 Å². The second kappa shape index (κ2) is 14.7. The summed E-state index contributed by atoms with van der Waals surface area (Å²) in [5.41, 5.74) is 10.2. The topological polar surface area (TPSA) is 22.8 Å². The molecule has 0 aliphatic heterocycles. The first-order valence-corrected chi connectivity index (χ1v) is 24.0. The van der Waals surface area contributed by atoms with Crippen LogP contribution in [0.15, 0.2) is 225 Å². The maximum Gasteiger partial charge on any atom is 0.0787 e. The molecule has 0 fully saturated rings. The molecule has 0 amide bonds. The second-order valence-corrected chi connectivity index (χ2v) is 19.2. The molecule has 10 aromatic carbocycles. The van der Waals surface area contributed by atoms with Crippen LogP contribution < -0.4 is 0 Å². The van der Waals surface area contributed by atoms with E-state index in [9.17, 15) is 0 Å². The Morgan fingerprint density at radius 2 is 0.773 bits per heavy atom. The number of hydrogen-bond donors (Lipinski definition) is 0. The van der Waals surface area contributed by atoms with Gasteiger partial charge in [-0.05, 0) is 116 Å². The monoisotopic (exact) mass is 875 g/mol. The van der Waals surface area contributed by atoms with Crippen LogP contribution in [0.1, 0.15) is 0 Å². The van der Waals surface area contributed by atoms with Crippen molar-refractivity contribution in [3.63, 3.8) is 0 Å². The van der Waals surface area contributed by atoms with Gasteiger partial charge in [0.15, 0.2) is 0 Å². The van der Waals surface area contributed by atoms with Crippen LogP contribution in [0.4, 0.5) is 0 Å². The Balaban J connectivity index is 1.16. The van der Waals surface area contributed by atoms with E-state index in [4.69, 9.17) is 4.98 Å². The number of thiophene rings is 2. The molecule has 0 bridgehead atoms. The lowest BCUT2D eigenvalue weighted by atomic mass is 9.91. The molecular formula is C61H37N3S2. The number of fused-ring (bicyclic) bond motifs is 15. The van der Waals surface area contributed by atoms with Crippen molar-refractivity contribution in [3.8, 4) is 33.6 Å². The highest BCUT2D eigenvalue weighted by molar-refractivity contribution is 7.26. The lowest BCUT2D eigenvalue weighted by molar-refractivity contribution is 1.01. The van der Waals surface area contributed by atoms with Gasteiger partial charge in [0, 0.05) is 81.1 Å². The van der Waals surface area contributed by atoms with E-state index in [1.54, 1.807) is 0 Å². The van der Waals surface area contributed by atoms with Crippen molar-refractivity contribution >= 4 is 117 Å². The van der Waals surface area contributed by atoms with Crippen LogP contribution in [0, 0.1) is 0 Å². The summed E-state index contributed by atoms with van der Waals surface area (Å²) in [4.78, 5) is 5.34. The van der Waals surface area contributed by atoms with E-state index in [1.165, 1.54) is 84.1 Å². The summed E-state index contributed by atoms with van der Waals surface area (Å²) in [5.74, 6) is 0. The van der Waals surface area contributed by atoms with Gasteiger partial charge in [-0.3, -0.25) is 4.98 Å². The van der Waals surface area contributed by atoms with E-state index in [2.05, 4.69) is 228 Å². The van der Waals surface area contributed by atoms with Crippen molar-refractivity contribution in [2.45, 2.75) is 0 Å². The number of aromatic nitrogens is 3. The maximum atomic E-state index is 5.34. The molecule has 3 nitrogen and oxygen atoms in total. The molecule has 0 aliphatic rings. The van der Waals surface area contributed by atoms with E-state index in [-0.39, 0.29) is 0 Å². The largest absolute Gasteiger partial charge is 0.314 e. The molecule has 0 radical (unpaired) electrons. The standard InChI is InChI=1S/C61H37N3S2/c1-3-14-40(15-4-1)63-32-33-64(41-16-5-2-6-17-41)56-37-54-53(36-55(56)63)52-35-39(43-21-12-23-50-47-19-8-10-26-58(47)66-61(43)50)28-30-45(52)44-29-27-38(34-51(44)48-24-13-31-62-59(48)54)42-20-11-22-49-46-18-7-9-25-57(46)65-60(42)49/h1-37H. The van der Waals surface area contributed by atoms with E-state index in [1.807, 2.05) is 28.9 Å². The number of para-hydroxylation sites is 2. The van der Waals surface area contributed by atoms with Crippen LogP contribution in [0.25, 0.3) is 128 Å². The highest BCUT2D eigenvalue weighted by atomic mass is 32.1. The van der Waals surface area contributed by atoms with Gasteiger partial charge in [-0.15, -0.1) is 22.7 Å². The summed E-state index contributed by atoms with van der Waals surface area (Å²) >= 11 is 3.76. The van der Waals surface area contributed by atoms with Crippen molar-refractivity contribution in [1.29, 1.82) is 0 Å². The first-order chi connectivity index (χ1) is 32.7. The minimum absolute atomic E-state index is 0.963. The fraction of sp³-hybridized carbons (Fsp3) is 0. The molecule has 14 aromatic rings. The predicted octanol–water partition coefficient (Wildman–Crippen LogP) is 17.6. The molecule has 14 rings (SSSR count). The van der Waals surface area contributed by atoms with Crippen LogP contribution in [0.3, 0.4) is 0 Å². The van der Waals surface area contributed by atoms with Gasteiger partial charge >= 0.3 is 0 Å². The minimum Gasteiger partial charge on any atom is -0.314 e. The first-order valence-electron chi connectivity index (χ1n) is 22.3. The predicted molar refractivity (Wildman–Crippen MR) is 285 cm³/mol. The van der Waals surface area contributed by atoms with Crippen LogP contribution in [0.5, 0.6) is 0 Å². The summed E-state index contributed by atoms with van der Waals surface area (Å²) in [7, 11) is 0. The average molecular weight is 876 g/mol. The number of rotatable bonds is 4. The highest BCUT2D eigenvalue weighted by Gasteiger charge is 2.18. The van der Waals surface area contributed by atoms with E-state index >= 15 is 0 Å². The third-order valence-corrected chi connectivity index (χ3v) is 15.9. The van der Waals surface area contributed by atoms with Gasteiger partial charge in [0.1, 0.15) is 0 Å². The van der Waals surface area contributed by atoms with Gasteiger partial charge in [0.2, 0.25) is 0 Å². The Labute approximate surface area is 387 Å². The van der Waals surface area contributed by atoms with Gasteiger partial charge in [-0.2, -0.15) is 0 Å². The van der Waals surface area contributed by atoms with Crippen molar-refractivity contribution in [3.05, 3.63) is 225 Å². The van der Waals surface area contributed by atoms with Crippen molar-refractivity contribution in [1.82, 2.24) is 14.1 Å². The molecule has 66 heavy (non-hydrogen) atoms. The minimum atomic E-state index is 0.963. The van der Waals surface area contributed by atoms with Gasteiger partial charge in [-0.1, -0.05) is 140 Å². The highest BCUT2D eigenvalue weighted by Crippen LogP contribution is 2.45. The number of benzene rings is 9. The lowest BCUT2D eigenvalue weighted by Gasteiger charge is -2.19. The molecule has 4 heterocycles. The summed E-state index contributed by atoms with van der Waals surface area (Å²) in [6, 6.07) is 75.9. The molecule has 0 aliphatic carbocycles. The summed E-state index contributed by atoms with van der Waals surface area (Å²) in [6.45, 7) is 0. The second-order valence-electron chi connectivity index (χ2n) is 17.1. The van der Waals surface area contributed by atoms with Gasteiger partial charge in [-0.25, -0.2) is 0 Å². The van der Waals surface area contributed by atoms with Crippen LogP contribution in [-0.2, 0) is 0 Å². The third-order valence-electron chi connectivity index (χ3n) is 13.5.